The standard InChI is InChI=1S/C21H28N8OS/c1-13(2)29-12-22-18-19(23-16-10-15(26-27-16)14-6-7-14)24-21(25-20(18)29)31-11-17(30)28-8-4-3-5-9-28/h10,12-14H,3-9,11H2,1-2H3,(H2,23,24,25,26,27). The fraction of sp³-hybridized carbons (Fsp3) is 0.571. The Morgan fingerprint density at radius 3 is 2.81 bits per heavy atom. The van der Waals surface area contributed by atoms with Crippen LogP contribution in [0.15, 0.2) is 17.6 Å². The molecule has 1 aliphatic heterocycles. The summed E-state index contributed by atoms with van der Waals surface area (Å²) < 4.78 is 2.03. The smallest absolute Gasteiger partial charge is 0.233 e. The number of carbonyl (C=O) groups excluding carboxylic acids is 1. The molecule has 2 aliphatic rings. The highest BCUT2D eigenvalue weighted by Gasteiger charge is 2.26. The van der Waals surface area contributed by atoms with Gasteiger partial charge in [0.2, 0.25) is 5.91 Å². The summed E-state index contributed by atoms with van der Waals surface area (Å²) in [4.78, 5) is 28.5. The van der Waals surface area contributed by atoms with Crippen molar-refractivity contribution in [1.29, 1.82) is 0 Å². The Hall–Kier alpha value is -2.62. The van der Waals surface area contributed by atoms with Gasteiger partial charge in [0.15, 0.2) is 28.0 Å². The molecule has 4 heterocycles. The number of hydrogen-bond acceptors (Lipinski definition) is 7. The maximum Gasteiger partial charge on any atom is 0.233 e. The molecular weight excluding hydrogens is 412 g/mol. The lowest BCUT2D eigenvalue weighted by Crippen LogP contribution is -2.36. The zero-order valence-corrected chi connectivity index (χ0v) is 18.8. The van der Waals surface area contributed by atoms with Crippen LogP contribution >= 0.6 is 11.8 Å². The third kappa shape index (κ3) is 4.39. The van der Waals surface area contributed by atoms with E-state index >= 15 is 0 Å². The number of carbonyl (C=O) groups is 1. The van der Waals surface area contributed by atoms with Crippen LogP contribution in [0.1, 0.15) is 63.6 Å². The number of aromatic nitrogens is 6. The van der Waals surface area contributed by atoms with Gasteiger partial charge in [-0.15, -0.1) is 0 Å². The number of hydrogen-bond donors (Lipinski definition) is 2. The normalized spacial score (nSPS) is 16.9. The molecule has 1 amide bonds. The molecule has 0 atom stereocenters. The molecule has 0 spiro atoms. The second kappa shape index (κ2) is 8.49. The van der Waals surface area contributed by atoms with E-state index in [1.54, 1.807) is 6.33 Å². The highest BCUT2D eigenvalue weighted by molar-refractivity contribution is 7.99. The van der Waals surface area contributed by atoms with Crippen molar-refractivity contribution in [2.75, 3.05) is 24.2 Å². The quantitative estimate of drug-likeness (QED) is 0.425. The van der Waals surface area contributed by atoms with Crippen molar-refractivity contribution in [1.82, 2.24) is 34.6 Å². The second-order valence-corrected chi connectivity index (χ2v) is 9.55. The predicted octanol–water partition coefficient (Wildman–Crippen LogP) is 3.86. The zero-order chi connectivity index (χ0) is 21.4. The van der Waals surface area contributed by atoms with Crippen molar-refractivity contribution in [3.63, 3.8) is 0 Å². The van der Waals surface area contributed by atoms with Crippen LogP contribution in [0.5, 0.6) is 0 Å². The minimum Gasteiger partial charge on any atom is -0.342 e. The number of piperidine rings is 1. The van der Waals surface area contributed by atoms with Crippen LogP contribution in [0.3, 0.4) is 0 Å². The van der Waals surface area contributed by atoms with Gasteiger partial charge in [0, 0.05) is 36.8 Å². The first-order chi connectivity index (χ1) is 15.1. The molecule has 3 aromatic heterocycles. The molecule has 0 aromatic carbocycles. The van der Waals surface area contributed by atoms with Crippen molar-refractivity contribution in [2.24, 2.45) is 0 Å². The minimum absolute atomic E-state index is 0.154. The van der Waals surface area contributed by atoms with Gasteiger partial charge in [0.1, 0.15) is 0 Å². The molecule has 31 heavy (non-hydrogen) atoms. The van der Waals surface area contributed by atoms with Gasteiger partial charge in [-0.25, -0.2) is 15.0 Å². The number of thioether (sulfide) groups is 1. The maximum atomic E-state index is 12.6. The molecule has 1 saturated carbocycles. The summed E-state index contributed by atoms with van der Waals surface area (Å²) in [6.45, 7) is 5.90. The lowest BCUT2D eigenvalue weighted by molar-refractivity contribution is -0.129. The van der Waals surface area contributed by atoms with Gasteiger partial charge in [0.05, 0.1) is 12.1 Å². The highest BCUT2D eigenvalue weighted by Crippen LogP contribution is 2.40. The summed E-state index contributed by atoms with van der Waals surface area (Å²) >= 11 is 1.38. The average molecular weight is 441 g/mol. The number of rotatable bonds is 7. The van der Waals surface area contributed by atoms with Crippen molar-refractivity contribution in [3.05, 3.63) is 18.1 Å². The Kier molecular flexibility index (Phi) is 5.56. The highest BCUT2D eigenvalue weighted by atomic mass is 32.2. The molecule has 1 aliphatic carbocycles. The van der Waals surface area contributed by atoms with Crippen molar-refractivity contribution < 1.29 is 4.79 Å². The predicted molar refractivity (Wildman–Crippen MR) is 121 cm³/mol. The van der Waals surface area contributed by atoms with Crippen molar-refractivity contribution in [3.8, 4) is 0 Å². The molecule has 10 heteroatoms. The van der Waals surface area contributed by atoms with E-state index < -0.39 is 0 Å². The van der Waals surface area contributed by atoms with E-state index in [4.69, 9.17) is 9.97 Å². The Labute approximate surface area is 185 Å². The first-order valence-corrected chi connectivity index (χ1v) is 12.0. The Morgan fingerprint density at radius 2 is 2.06 bits per heavy atom. The molecule has 0 radical (unpaired) electrons. The van der Waals surface area contributed by atoms with E-state index in [-0.39, 0.29) is 11.9 Å². The van der Waals surface area contributed by atoms with Gasteiger partial charge in [0.25, 0.3) is 0 Å². The first kappa shape index (κ1) is 20.3. The Balaban J connectivity index is 1.40. The summed E-state index contributed by atoms with van der Waals surface area (Å²) in [5, 5.41) is 11.4. The van der Waals surface area contributed by atoms with Crippen LogP contribution in [0.4, 0.5) is 11.6 Å². The molecule has 0 bridgehead atoms. The fourth-order valence-electron chi connectivity index (χ4n) is 3.91. The summed E-state index contributed by atoms with van der Waals surface area (Å²) in [5.74, 6) is 2.43. The number of H-pyrrole nitrogens is 1. The van der Waals surface area contributed by atoms with E-state index in [1.807, 2.05) is 15.5 Å². The Morgan fingerprint density at radius 1 is 1.26 bits per heavy atom. The molecular formula is C21H28N8OS. The molecule has 9 nitrogen and oxygen atoms in total. The van der Waals surface area contributed by atoms with Crippen molar-refractivity contribution >= 4 is 40.5 Å². The Bertz CT molecular complexity index is 1080. The van der Waals surface area contributed by atoms with Gasteiger partial charge in [-0.1, -0.05) is 11.8 Å². The van der Waals surface area contributed by atoms with E-state index in [1.165, 1.54) is 31.0 Å². The SMILES string of the molecule is CC(C)n1cnc2c(Nc3cc(C4CC4)[nH]n3)nc(SCC(=O)N3CCCCC3)nc21. The number of amides is 1. The number of imidazole rings is 1. The van der Waals surface area contributed by atoms with Crippen LogP contribution in [-0.4, -0.2) is 59.4 Å². The molecule has 2 fully saturated rings. The summed E-state index contributed by atoms with van der Waals surface area (Å²) in [6, 6.07) is 2.25. The number of likely N-dealkylation sites (tertiary alicyclic amines) is 1. The number of nitrogens with zero attached hydrogens (tertiary/aromatic N) is 6. The summed E-state index contributed by atoms with van der Waals surface area (Å²) in [5.41, 5.74) is 2.62. The monoisotopic (exact) mass is 440 g/mol. The van der Waals surface area contributed by atoms with Gasteiger partial charge >= 0.3 is 0 Å². The van der Waals surface area contributed by atoms with E-state index in [0.29, 0.717) is 28.2 Å². The van der Waals surface area contributed by atoms with E-state index in [9.17, 15) is 4.79 Å². The number of nitrogens with one attached hydrogen (secondary N) is 2. The molecule has 164 valence electrons. The van der Waals surface area contributed by atoms with E-state index in [2.05, 4.69) is 34.3 Å². The van der Waals surface area contributed by atoms with Gasteiger partial charge in [-0.2, -0.15) is 5.10 Å². The molecule has 0 unspecified atom stereocenters. The maximum absolute atomic E-state index is 12.6. The zero-order valence-electron chi connectivity index (χ0n) is 18.0. The molecule has 5 rings (SSSR count). The minimum atomic E-state index is 0.154. The van der Waals surface area contributed by atoms with Crippen LogP contribution in [0, 0.1) is 0 Å². The first-order valence-electron chi connectivity index (χ1n) is 11.1. The lowest BCUT2D eigenvalue weighted by Gasteiger charge is -2.26. The fourth-order valence-corrected chi connectivity index (χ4v) is 4.65. The van der Waals surface area contributed by atoms with Crippen LogP contribution in [-0.2, 0) is 4.79 Å². The largest absolute Gasteiger partial charge is 0.342 e. The second-order valence-electron chi connectivity index (χ2n) is 8.61. The van der Waals surface area contributed by atoms with Crippen LogP contribution < -0.4 is 5.32 Å². The number of fused-ring (bicyclic) bond motifs is 1. The molecule has 2 N–H and O–H groups in total. The summed E-state index contributed by atoms with van der Waals surface area (Å²) in [7, 11) is 0. The van der Waals surface area contributed by atoms with E-state index in [0.717, 1.165) is 43.1 Å². The molecule has 1 saturated heterocycles. The van der Waals surface area contributed by atoms with Gasteiger partial charge in [-0.3, -0.25) is 9.89 Å². The van der Waals surface area contributed by atoms with Gasteiger partial charge in [-0.05, 0) is 46.0 Å². The van der Waals surface area contributed by atoms with Crippen molar-refractivity contribution in [2.45, 2.75) is 63.1 Å². The lowest BCUT2D eigenvalue weighted by atomic mass is 10.1. The van der Waals surface area contributed by atoms with Gasteiger partial charge < -0.3 is 14.8 Å². The van der Waals surface area contributed by atoms with Crippen LogP contribution in [0.25, 0.3) is 11.2 Å². The third-order valence-electron chi connectivity index (χ3n) is 5.85. The number of aromatic amines is 1. The third-order valence-corrected chi connectivity index (χ3v) is 6.68. The summed E-state index contributed by atoms with van der Waals surface area (Å²) in [6.07, 6.45) is 7.61. The topological polar surface area (TPSA) is 105 Å². The molecule has 3 aromatic rings. The number of anilines is 2. The average Bonchev–Trinajstić information content (AvgIpc) is 3.36. The van der Waals surface area contributed by atoms with Crippen LogP contribution in [0.2, 0.25) is 0 Å².